The molecule has 0 amide bonds. The maximum absolute atomic E-state index is 12.6. The molecule has 4 rings (SSSR count). The second-order valence-corrected chi connectivity index (χ2v) is 9.58. The number of ether oxygens (including phenoxy) is 1. The van der Waals surface area contributed by atoms with Gasteiger partial charge in [-0.05, 0) is 31.7 Å². The van der Waals surface area contributed by atoms with E-state index in [1.165, 1.54) is 4.31 Å². The van der Waals surface area contributed by atoms with Gasteiger partial charge in [0.25, 0.3) is 10.2 Å². The number of anilines is 2. The Morgan fingerprint density at radius 3 is 2.55 bits per heavy atom. The standard InChI is InChI=1S/C19H30N8O3S/c1-20-18-16(13-22-26(18)2)17-7-8-21-19(24-17)23-14-3-5-15(6-4-14)25-31(28,29)27-9-11-30-12-10-27/h7-8,13-15,20,25H,3-6,9-12H2,1-2H3,(H,21,23,24)/t14-,15-. The quantitative estimate of drug-likeness (QED) is 0.566. The maximum atomic E-state index is 12.6. The van der Waals surface area contributed by atoms with E-state index in [4.69, 9.17) is 4.74 Å². The summed E-state index contributed by atoms with van der Waals surface area (Å²) in [6.45, 7) is 1.72. The van der Waals surface area contributed by atoms with E-state index < -0.39 is 10.2 Å². The lowest BCUT2D eigenvalue weighted by Gasteiger charge is -2.32. The smallest absolute Gasteiger partial charge is 0.279 e. The van der Waals surface area contributed by atoms with Crippen LogP contribution in [0.15, 0.2) is 18.5 Å². The molecule has 0 spiro atoms. The molecule has 0 atom stereocenters. The summed E-state index contributed by atoms with van der Waals surface area (Å²) in [5, 5.41) is 10.8. The summed E-state index contributed by atoms with van der Waals surface area (Å²) in [4.78, 5) is 9.01. The topological polar surface area (TPSA) is 126 Å². The second kappa shape index (κ2) is 9.47. The zero-order valence-corrected chi connectivity index (χ0v) is 18.7. The first-order valence-electron chi connectivity index (χ1n) is 10.6. The first kappa shape index (κ1) is 21.9. The highest BCUT2D eigenvalue weighted by Gasteiger charge is 2.29. The van der Waals surface area contributed by atoms with E-state index in [0.29, 0.717) is 32.3 Å². The van der Waals surface area contributed by atoms with Crippen molar-refractivity contribution in [3.63, 3.8) is 0 Å². The van der Waals surface area contributed by atoms with Gasteiger partial charge in [-0.15, -0.1) is 0 Å². The van der Waals surface area contributed by atoms with Crippen molar-refractivity contribution < 1.29 is 13.2 Å². The number of nitrogens with zero attached hydrogens (tertiary/aromatic N) is 5. The number of morpholine rings is 1. The summed E-state index contributed by atoms with van der Waals surface area (Å²) < 4.78 is 36.5. The Labute approximate surface area is 182 Å². The minimum absolute atomic E-state index is 0.0493. The fourth-order valence-electron chi connectivity index (χ4n) is 4.11. The summed E-state index contributed by atoms with van der Waals surface area (Å²) in [5.41, 5.74) is 1.71. The lowest BCUT2D eigenvalue weighted by atomic mass is 9.92. The minimum atomic E-state index is -3.46. The molecular weight excluding hydrogens is 420 g/mol. The van der Waals surface area contributed by atoms with Gasteiger partial charge in [0.15, 0.2) is 0 Å². The van der Waals surface area contributed by atoms with Crippen LogP contribution in [0.3, 0.4) is 0 Å². The van der Waals surface area contributed by atoms with E-state index >= 15 is 0 Å². The number of nitrogens with one attached hydrogen (secondary N) is 3. The number of hydrogen-bond acceptors (Lipinski definition) is 8. The van der Waals surface area contributed by atoms with E-state index in [-0.39, 0.29) is 12.1 Å². The molecule has 31 heavy (non-hydrogen) atoms. The molecule has 0 radical (unpaired) electrons. The molecule has 0 aromatic carbocycles. The molecule has 3 N–H and O–H groups in total. The summed E-state index contributed by atoms with van der Waals surface area (Å²) in [6.07, 6.45) is 6.75. The van der Waals surface area contributed by atoms with Gasteiger partial charge in [0, 0.05) is 45.5 Å². The number of aryl methyl sites for hydroxylation is 1. The molecule has 1 saturated heterocycles. The van der Waals surface area contributed by atoms with Crippen molar-refractivity contribution in [2.75, 3.05) is 44.0 Å². The van der Waals surface area contributed by atoms with Crippen molar-refractivity contribution in [1.82, 2.24) is 28.8 Å². The highest BCUT2D eigenvalue weighted by Crippen LogP contribution is 2.27. The average Bonchev–Trinajstić information content (AvgIpc) is 3.16. The average molecular weight is 451 g/mol. The Hall–Kier alpha value is -2.28. The second-order valence-electron chi connectivity index (χ2n) is 7.87. The molecule has 2 fully saturated rings. The van der Waals surface area contributed by atoms with Crippen LogP contribution >= 0.6 is 0 Å². The third-order valence-corrected chi connectivity index (χ3v) is 7.47. The summed E-state index contributed by atoms with van der Waals surface area (Å²) >= 11 is 0. The monoisotopic (exact) mass is 450 g/mol. The van der Waals surface area contributed by atoms with E-state index in [1.54, 1.807) is 17.1 Å². The predicted octanol–water partition coefficient (Wildman–Crippen LogP) is 0.808. The van der Waals surface area contributed by atoms with Crippen molar-refractivity contribution >= 4 is 22.0 Å². The molecule has 2 aliphatic rings. The van der Waals surface area contributed by atoms with Crippen LogP contribution in [0.1, 0.15) is 25.7 Å². The van der Waals surface area contributed by atoms with Crippen LogP contribution in [-0.2, 0) is 22.0 Å². The molecule has 3 heterocycles. The molecule has 11 nitrogen and oxygen atoms in total. The first-order valence-corrected chi connectivity index (χ1v) is 12.0. The molecule has 0 unspecified atom stereocenters. The third kappa shape index (κ3) is 5.14. The van der Waals surface area contributed by atoms with Crippen LogP contribution in [0.2, 0.25) is 0 Å². The minimum Gasteiger partial charge on any atom is -0.379 e. The van der Waals surface area contributed by atoms with Crippen LogP contribution in [-0.4, -0.2) is 77.9 Å². The van der Waals surface area contributed by atoms with E-state index in [0.717, 1.165) is 42.8 Å². The zero-order valence-electron chi connectivity index (χ0n) is 17.9. The molecule has 1 aliphatic carbocycles. The SMILES string of the molecule is CNc1c(-c2ccnc(N[C@H]3CC[C@H](NS(=O)(=O)N4CCOCC4)CC3)n2)cnn1C. The summed E-state index contributed by atoms with van der Waals surface area (Å²) in [6, 6.07) is 2.02. The van der Waals surface area contributed by atoms with Gasteiger partial charge in [0.1, 0.15) is 5.82 Å². The Balaban J connectivity index is 1.33. The molecule has 1 aliphatic heterocycles. The maximum Gasteiger partial charge on any atom is 0.279 e. The summed E-state index contributed by atoms with van der Waals surface area (Å²) in [7, 11) is 0.274. The van der Waals surface area contributed by atoms with E-state index in [1.807, 2.05) is 20.2 Å². The lowest BCUT2D eigenvalue weighted by molar-refractivity contribution is 0.0722. The van der Waals surface area contributed by atoms with Gasteiger partial charge in [0.2, 0.25) is 5.95 Å². The third-order valence-electron chi connectivity index (χ3n) is 5.79. The Morgan fingerprint density at radius 2 is 1.84 bits per heavy atom. The first-order chi connectivity index (χ1) is 15.0. The molecule has 2 aromatic rings. The van der Waals surface area contributed by atoms with Gasteiger partial charge in [0.05, 0.1) is 30.7 Å². The fourth-order valence-corrected chi connectivity index (χ4v) is 5.55. The van der Waals surface area contributed by atoms with E-state index in [9.17, 15) is 8.42 Å². The van der Waals surface area contributed by atoms with Crippen LogP contribution in [0.25, 0.3) is 11.3 Å². The molecule has 2 aromatic heterocycles. The van der Waals surface area contributed by atoms with Gasteiger partial charge < -0.3 is 15.4 Å². The highest BCUT2D eigenvalue weighted by molar-refractivity contribution is 7.87. The van der Waals surface area contributed by atoms with Crippen molar-refractivity contribution in [2.24, 2.45) is 7.05 Å². The van der Waals surface area contributed by atoms with Crippen LogP contribution < -0.4 is 15.4 Å². The normalized spacial score (nSPS) is 22.9. The largest absolute Gasteiger partial charge is 0.379 e. The Morgan fingerprint density at radius 1 is 1.13 bits per heavy atom. The predicted molar refractivity (Wildman–Crippen MR) is 118 cm³/mol. The molecule has 1 saturated carbocycles. The van der Waals surface area contributed by atoms with Crippen molar-refractivity contribution in [2.45, 2.75) is 37.8 Å². The van der Waals surface area contributed by atoms with Crippen LogP contribution in [0.5, 0.6) is 0 Å². The number of hydrogen-bond donors (Lipinski definition) is 3. The zero-order chi connectivity index (χ0) is 21.8. The number of aromatic nitrogens is 4. The van der Waals surface area contributed by atoms with Crippen molar-refractivity contribution in [3.05, 3.63) is 18.5 Å². The Bertz CT molecular complexity index is 982. The van der Waals surface area contributed by atoms with Gasteiger partial charge >= 0.3 is 0 Å². The van der Waals surface area contributed by atoms with Gasteiger partial charge in [-0.3, -0.25) is 4.68 Å². The highest BCUT2D eigenvalue weighted by atomic mass is 32.2. The molecule has 12 heteroatoms. The summed E-state index contributed by atoms with van der Waals surface area (Å²) in [5.74, 6) is 1.46. The lowest BCUT2D eigenvalue weighted by Crippen LogP contribution is -2.50. The van der Waals surface area contributed by atoms with Crippen LogP contribution in [0.4, 0.5) is 11.8 Å². The van der Waals surface area contributed by atoms with Gasteiger partial charge in [-0.25, -0.2) is 9.97 Å². The van der Waals surface area contributed by atoms with Crippen LogP contribution in [0, 0.1) is 0 Å². The molecular formula is C19H30N8O3S. The van der Waals surface area contributed by atoms with Gasteiger partial charge in [-0.2, -0.15) is 22.5 Å². The molecule has 0 bridgehead atoms. The Kier molecular flexibility index (Phi) is 6.70. The van der Waals surface area contributed by atoms with Crippen molar-refractivity contribution in [1.29, 1.82) is 0 Å². The van der Waals surface area contributed by atoms with Crippen molar-refractivity contribution in [3.8, 4) is 11.3 Å². The van der Waals surface area contributed by atoms with Gasteiger partial charge in [-0.1, -0.05) is 0 Å². The van der Waals surface area contributed by atoms with E-state index in [2.05, 4.69) is 30.4 Å². The molecule has 170 valence electrons. The number of rotatable bonds is 7. The fraction of sp³-hybridized carbons (Fsp3) is 0.632.